The van der Waals surface area contributed by atoms with Crippen molar-refractivity contribution in [2.24, 2.45) is 0 Å². The quantitative estimate of drug-likeness (QED) is 0.674. The number of carbonyl (C=O) groups is 1. The third kappa shape index (κ3) is 5.53. The van der Waals surface area contributed by atoms with Gasteiger partial charge >= 0.3 is 0 Å². The fourth-order valence-corrected chi connectivity index (χ4v) is 3.40. The van der Waals surface area contributed by atoms with Crippen LogP contribution in [0.3, 0.4) is 0 Å². The van der Waals surface area contributed by atoms with E-state index in [1.165, 1.54) is 5.56 Å². The Morgan fingerprint density at radius 2 is 1.62 bits per heavy atom. The molecule has 1 amide bonds. The summed E-state index contributed by atoms with van der Waals surface area (Å²) < 4.78 is 7.17. The van der Waals surface area contributed by atoms with Gasteiger partial charge in [0, 0.05) is 32.4 Å². The number of amides is 1. The van der Waals surface area contributed by atoms with Crippen LogP contribution >= 0.6 is 0 Å². The Kier molecular flexibility index (Phi) is 6.34. The average molecular weight is 390 g/mol. The highest BCUT2D eigenvalue weighted by Crippen LogP contribution is 2.10. The highest BCUT2D eigenvalue weighted by atomic mass is 16.5. The van der Waals surface area contributed by atoms with Crippen molar-refractivity contribution >= 4 is 5.91 Å². The molecule has 0 spiro atoms. The van der Waals surface area contributed by atoms with E-state index in [4.69, 9.17) is 4.74 Å². The van der Waals surface area contributed by atoms with Crippen molar-refractivity contribution in [3.8, 4) is 0 Å². The molecule has 0 saturated carbocycles. The minimum absolute atomic E-state index is 0.110. The fourth-order valence-electron chi connectivity index (χ4n) is 3.40. The highest BCUT2D eigenvalue weighted by molar-refractivity contribution is 5.93. The molecule has 0 radical (unpaired) electrons. The van der Waals surface area contributed by atoms with E-state index in [0.717, 1.165) is 44.0 Å². The summed E-state index contributed by atoms with van der Waals surface area (Å²) in [5, 5.41) is 7.27. The maximum atomic E-state index is 12.4. The Balaban J connectivity index is 1.27. The van der Waals surface area contributed by atoms with Gasteiger partial charge in [0.25, 0.3) is 5.91 Å². The summed E-state index contributed by atoms with van der Waals surface area (Å²) in [5.41, 5.74) is 4.09. The van der Waals surface area contributed by atoms with Crippen LogP contribution in [0.25, 0.3) is 0 Å². The van der Waals surface area contributed by atoms with E-state index in [2.05, 4.69) is 39.6 Å². The van der Waals surface area contributed by atoms with Crippen LogP contribution in [0.15, 0.2) is 67.0 Å². The van der Waals surface area contributed by atoms with Crippen LogP contribution in [0.5, 0.6) is 0 Å². The van der Waals surface area contributed by atoms with E-state index in [-0.39, 0.29) is 5.91 Å². The topological polar surface area (TPSA) is 59.4 Å². The third-order valence-corrected chi connectivity index (χ3v) is 5.07. The van der Waals surface area contributed by atoms with Gasteiger partial charge in [-0.25, -0.2) is 0 Å². The van der Waals surface area contributed by atoms with E-state index in [0.29, 0.717) is 18.7 Å². The number of carbonyl (C=O) groups excluding carboxylic acids is 1. The molecule has 0 aliphatic carbocycles. The Hall–Kier alpha value is -2.96. The third-order valence-electron chi connectivity index (χ3n) is 5.07. The molecule has 1 aliphatic heterocycles. The number of nitrogens with zero attached hydrogens (tertiary/aromatic N) is 3. The second kappa shape index (κ2) is 9.49. The second-order valence-corrected chi connectivity index (χ2v) is 7.30. The van der Waals surface area contributed by atoms with Gasteiger partial charge in [0.2, 0.25) is 0 Å². The second-order valence-electron chi connectivity index (χ2n) is 7.30. The van der Waals surface area contributed by atoms with Crippen molar-refractivity contribution in [3.63, 3.8) is 0 Å². The van der Waals surface area contributed by atoms with Crippen LogP contribution in [0, 0.1) is 0 Å². The average Bonchev–Trinajstić information content (AvgIpc) is 3.23. The molecule has 2 heterocycles. The number of aromatic nitrogens is 2. The van der Waals surface area contributed by atoms with E-state index >= 15 is 0 Å². The van der Waals surface area contributed by atoms with Crippen LogP contribution in [0.2, 0.25) is 0 Å². The smallest absolute Gasteiger partial charge is 0.254 e. The van der Waals surface area contributed by atoms with Gasteiger partial charge in [-0.1, -0.05) is 54.6 Å². The number of rotatable bonds is 7. The van der Waals surface area contributed by atoms with Crippen molar-refractivity contribution in [1.82, 2.24) is 20.0 Å². The molecule has 29 heavy (non-hydrogen) atoms. The molecular weight excluding hydrogens is 364 g/mol. The normalized spacial score (nSPS) is 14.6. The molecule has 0 unspecified atom stereocenters. The molecule has 1 saturated heterocycles. The largest absolute Gasteiger partial charge is 0.379 e. The SMILES string of the molecule is O=C(NCc1ccc(CN2CCOCC2)cc1)c1cnn(Cc2ccccc2)c1. The number of hydrogen-bond acceptors (Lipinski definition) is 4. The predicted octanol–water partition coefficient (Wildman–Crippen LogP) is 2.69. The molecule has 1 N–H and O–H groups in total. The summed E-state index contributed by atoms with van der Waals surface area (Å²) in [4.78, 5) is 14.8. The van der Waals surface area contributed by atoms with Crippen molar-refractivity contribution < 1.29 is 9.53 Å². The number of ether oxygens (including phenoxy) is 1. The lowest BCUT2D eigenvalue weighted by Crippen LogP contribution is -2.35. The predicted molar refractivity (Wildman–Crippen MR) is 111 cm³/mol. The molecule has 4 rings (SSSR count). The molecule has 1 fully saturated rings. The number of nitrogens with one attached hydrogen (secondary N) is 1. The van der Waals surface area contributed by atoms with E-state index in [1.807, 2.05) is 30.3 Å². The van der Waals surface area contributed by atoms with Crippen molar-refractivity contribution in [3.05, 3.63) is 89.2 Å². The zero-order chi connectivity index (χ0) is 19.9. The standard InChI is InChI=1S/C23H26N4O2/c28-23(22-15-25-27(18-22)17-20-4-2-1-3-5-20)24-14-19-6-8-21(9-7-19)16-26-10-12-29-13-11-26/h1-9,15,18H,10-14,16-17H2,(H,24,28). The summed E-state index contributed by atoms with van der Waals surface area (Å²) in [6.45, 7) is 5.68. The van der Waals surface area contributed by atoms with Gasteiger partial charge < -0.3 is 10.1 Å². The Morgan fingerprint density at radius 3 is 2.38 bits per heavy atom. The Labute approximate surface area is 171 Å². The molecule has 3 aromatic rings. The lowest BCUT2D eigenvalue weighted by molar-refractivity contribution is 0.0342. The zero-order valence-corrected chi connectivity index (χ0v) is 16.5. The van der Waals surface area contributed by atoms with Crippen molar-refractivity contribution in [2.75, 3.05) is 26.3 Å². The molecule has 6 heteroatoms. The van der Waals surface area contributed by atoms with Gasteiger partial charge in [-0.2, -0.15) is 5.10 Å². The summed E-state index contributed by atoms with van der Waals surface area (Å²) in [6, 6.07) is 18.5. The van der Waals surface area contributed by atoms with Gasteiger partial charge in [0.05, 0.1) is 31.5 Å². The first-order valence-electron chi connectivity index (χ1n) is 9.99. The molecule has 0 atom stereocenters. The molecule has 0 bridgehead atoms. The van der Waals surface area contributed by atoms with Gasteiger partial charge in [0.1, 0.15) is 0 Å². The lowest BCUT2D eigenvalue weighted by atomic mass is 10.1. The monoisotopic (exact) mass is 390 g/mol. The van der Waals surface area contributed by atoms with Crippen LogP contribution in [-0.2, 0) is 24.4 Å². The van der Waals surface area contributed by atoms with Crippen LogP contribution < -0.4 is 5.32 Å². The van der Waals surface area contributed by atoms with Gasteiger partial charge in [-0.3, -0.25) is 14.4 Å². The van der Waals surface area contributed by atoms with Gasteiger partial charge in [-0.15, -0.1) is 0 Å². The number of benzene rings is 2. The Bertz CT molecular complexity index is 916. The molecule has 150 valence electrons. The summed E-state index contributed by atoms with van der Waals surface area (Å²) >= 11 is 0. The van der Waals surface area contributed by atoms with Crippen molar-refractivity contribution in [2.45, 2.75) is 19.6 Å². The zero-order valence-electron chi connectivity index (χ0n) is 16.5. The van der Waals surface area contributed by atoms with Crippen LogP contribution in [-0.4, -0.2) is 46.9 Å². The molecule has 1 aliphatic rings. The van der Waals surface area contributed by atoms with Crippen LogP contribution in [0.4, 0.5) is 0 Å². The fraction of sp³-hybridized carbons (Fsp3) is 0.304. The summed E-state index contributed by atoms with van der Waals surface area (Å²) in [6.07, 6.45) is 3.40. The van der Waals surface area contributed by atoms with Crippen LogP contribution in [0.1, 0.15) is 27.0 Å². The maximum absolute atomic E-state index is 12.4. The Morgan fingerprint density at radius 1 is 0.931 bits per heavy atom. The first-order chi connectivity index (χ1) is 14.3. The lowest BCUT2D eigenvalue weighted by Gasteiger charge is -2.26. The van der Waals surface area contributed by atoms with E-state index < -0.39 is 0 Å². The molecule has 1 aromatic heterocycles. The summed E-state index contributed by atoms with van der Waals surface area (Å²) in [5.74, 6) is -0.110. The minimum Gasteiger partial charge on any atom is -0.379 e. The first-order valence-corrected chi connectivity index (χ1v) is 9.99. The number of morpholine rings is 1. The van der Waals surface area contributed by atoms with E-state index in [1.54, 1.807) is 17.1 Å². The summed E-state index contributed by atoms with van der Waals surface area (Å²) in [7, 11) is 0. The first kappa shape index (κ1) is 19.4. The molecular formula is C23H26N4O2. The molecule has 6 nitrogen and oxygen atoms in total. The molecule has 2 aromatic carbocycles. The maximum Gasteiger partial charge on any atom is 0.254 e. The van der Waals surface area contributed by atoms with Crippen molar-refractivity contribution in [1.29, 1.82) is 0 Å². The van der Waals surface area contributed by atoms with E-state index in [9.17, 15) is 4.79 Å². The minimum atomic E-state index is -0.110. The van der Waals surface area contributed by atoms with Gasteiger partial charge in [0.15, 0.2) is 0 Å². The number of hydrogen-bond donors (Lipinski definition) is 1. The highest BCUT2D eigenvalue weighted by Gasteiger charge is 2.11. The van der Waals surface area contributed by atoms with Gasteiger partial charge in [-0.05, 0) is 16.7 Å².